The normalized spacial score (nSPS) is 14.0. The molecule has 0 spiro atoms. The van der Waals surface area contributed by atoms with Crippen LogP contribution in [0.5, 0.6) is 0 Å². The number of nitrogens with zero attached hydrogens (tertiary/aromatic N) is 2. The number of rotatable bonds is 7. The van der Waals surface area contributed by atoms with Crippen LogP contribution < -0.4 is 10.2 Å². The fraction of sp³-hybridized carbons (Fsp3) is 0.500. The molecule has 1 aliphatic rings. The zero-order chi connectivity index (χ0) is 18.2. The van der Waals surface area contributed by atoms with E-state index in [0.29, 0.717) is 38.5 Å². The SMILES string of the molecule is CCCNC(=O)COC(=O)c1ccc(N2CCOCC2)c([N+](=O)[O-])c1. The Morgan fingerprint density at radius 2 is 2.08 bits per heavy atom. The number of amides is 1. The average Bonchev–Trinajstić information content (AvgIpc) is 2.64. The van der Waals surface area contributed by atoms with Crippen LogP contribution in [-0.2, 0) is 14.3 Å². The molecule has 1 aromatic rings. The molecule has 2 rings (SSSR count). The van der Waals surface area contributed by atoms with Crippen molar-refractivity contribution in [2.24, 2.45) is 0 Å². The molecule has 0 atom stereocenters. The van der Waals surface area contributed by atoms with Gasteiger partial charge in [0.1, 0.15) is 5.69 Å². The molecule has 0 aliphatic carbocycles. The number of nitro benzene ring substituents is 1. The van der Waals surface area contributed by atoms with Crippen LogP contribution in [0.4, 0.5) is 11.4 Å². The second-order valence-corrected chi connectivity index (χ2v) is 5.49. The number of esters is 1. The summed E-state index contributed by atoms with van der Waals surface area (Å²) in [6.07, 6.45) is 0.773. The minimum Gasteiger partial charge on any atom is -0.452 e. The van der Waals surface area contributed by atoms with E-state index in [1.54, 1.807) is 0 Å². The predicted octanol–water partition coefficient (Wildman–Crippen LogP) is 1.11. The number of ether oxygens (including phenoxy) is 2. The van der Waals surface area contributed by atoms with Crippen molar-refractivity contribution in [2.75, 3.05) is 44.4 Å². The first-order valence-electron chi connectivity index (χ1n) is 8.08. The standard InChI is InChI=1S/C16H21N3O6/c1-2-5-17-15(20)11-25-16(21)12-3-4-13(14(10-12)19(22)23)18-6-8-24-9-7-18/h3-4,10H,2,5-9,11H2,1H3,(H,17,20). The predicted molar refractivity (Wildman–Crippen MR) is 89.7 cm³/mol. The molecule has 1 saturated heterocycles. The van der Waals surface area contributed by atoms with Gasteiger partial charge >= 0.3 is 5.97 Å². The minimum atomic E-state index is -0.775. The van der Waals surface area contributed by atoms with Gasteiger partial charge in [-0.25, -0.2) is 4.79 Å². The Kier molecular flexibility index (Phi) is 6.70. The molecule has 0 saturated carbocycles. The quantitative estimate of drug-likeness (QED) is 0.445. The molecular weight excluding hydrogens is 330 g/mol. The highest BCUT2D eigenvalue weighted by Crippen LogP contribution is 2.30. The van der Waals surface area contributed by atoms with Gasteiger partial charge < -0.3 is 19.7 Å². The first kappa shape index (κ1) is 18.7. The van der Waals surface area contributed by atoms with E-state index >= 15 is 0 Å². The molecule has 0 bridgehead atoms. The zero-order valence-corrected chi connectivity index (χ0v) is 14.0. The number of morpholine rings is 1. The van der Waals surface area contributed by atoms with Crippen molar-refractivity contribution in [3.05, 3.63) is 33.9 Å². The molecule has 1 heterocycles. The summed E-state index contributed by atoms with van der Waals surface area (Å²) in [6.45, 7) is 4.06. The van der Waals surface area contributed by atoms with Crippen LogP contribution in [0, 0.1) is 10.1 Å². The van der Waals surface area contributed by atoms with Crippen molar-refractivity contribution in [3.8, 4) is 0 Å². The largest absolute Gasteiger partial charge is 0.452 e. The summed E-state index contributed by atoms with van der Waals surface area (Å²) in [7, 11) is 0. The first-order chi connectivity index (χ1) is 12.0. The maximum absolute atomic E-state index is 12.0. The summed E-state index contributed by atoms with van der Waals surface area (Å²) in [4.78, 5) is 36.2. The Hall–Kier alpha value is -2.68. The summed E-state index contributed by atoms with van der Waals surface area (Å²) in [5, 5.41) is 13.9. The lowest BCUT2D eigenvalue weighted by atomic mass is 10.1. The van der Waals surface area contributed by atoms with Gasteiger partial charge in [-0.3, -0.25) is 14.9 Å². The molecule has 1 fully saturated rings. The number of nitro groups is 1. The fourth-order valence-corrected chi connectivity index (χ4v) is 2.40. The average molecular weight is 351 g/mol. The lowest BCUT2D eigenvalue weighted by molar-refractivity contribution is -0.384. The lowest BCUT2D eigenvalue weighted by Gasteiger charge is -2.28. The van der Waals surface area contributed by atoms with E-state index in [9.17, 15) is 19.7 Å². The molecular formula is C16H21N3O6. The van der Waals surface area contributed by atoms with Gasteiger partial charge in [0.25, 0.3) is 11.6 Å². The van der Waals surface area contributed by atoms with Crippen LogP contribution in [0.15, 0.2) is 18.2 Å². The molecule has 1 N–H and O–H groups in total. The second-order valence-electron chi connectivity index (χ2n) is 5.49. The van der Waals surface area contributed by atoms with E-state index in [0.717, 1.165) is 6.42 Å². The molecule has 1 aliphatic heterocycles. The van der Waals surface area contributed by atoms with Crippen molar-refractivity contribution in [1.29, 1.82) is 0 Å². The van der Waals surface area contributed by atoms with Gasteiger partial charge in [-0.2, -0.15) is 0 Å². The molecule has 9 heteroatoms. The van der Waals surface area contributed by atoms with E-state index < -0.39 is 23.4 Å². The molecule has 0 aromatic heterocycles. The summed E-state index contributed by atoms with van der Waals surface area (Å²) in [5.74, 6) is -1.18. The highest BCUT2D eigenvalue weighted by molar-refractivity contribution is 5.93. The molecule has 1 aromatic carbocycles. The Morgan fingerprint density at radius 3 is 2.72 bits per heavy atom. The van der Waals surface area contributed by atoms with E-state index in [4.69, 9.17) is 9.47 Å². The molecule has 9 nitrogen and oxygen atoms in total. The first-order valence-corrected chi connectivity index (χ1v) is 8.08. The number of carbonyl (C=O) groups excluding carboxylic acids is 2. The monoisotopic (exact) mass is 351 g/mol. The van der Waals surface area contributed by atoms with Crippen LogP contribution >= 0.6 is 0 Å². The second kappa shape index (κ2) is 8.97. The Morgan fingerprint density at radius 1 is 1.36 bits per heavy atom. The van der Waals surface area contributed by atoms with Crippen LogP contribution in [0.1, 0.15) is 23.7 Å². The number of carbonyl (C=O) groups is 2. The summed E-state index contributed by atoms with van der Waals surface area (Å²) in [5.41, 5.74) is 0.296. The van der Waals surface area contributed by atoms with Crippen LogP contribution in [0.3, 0.4) is 0 Å². The molecule has 25 heavy (non-hydrogen) atoms. The number of benzene rings is 1. The van der Waals surface area contributed by atoms with Crippen molar-refractivity contribution in [2.45, 2.75) is 13.3 Å². The maximum atomic E-state index is 12.0. The zero-order valence-electron chi connectivity index (χ0n) is 14.0. The fourth-order valence-electron chi connectivity index (χ4n) is 2.40. The third-order valence-electron chi connectivity index (χ3n) is 3.67. The number of hydrogen-bond donors (Lipinski definition) is 1. The third kappa shape index (κ3) is 5.15. The highest BCUT2D eigenvalue weighted by atomic mass is 16.6. The Labute approximate surface area is 145 Å². The van der Waals surface area contributed by atoms with E-state index in [1.165, 1.54) is 18.2 Å². The van der Waals surface area contributed by atoms with Gasteiger partial charge in [0.2, 0.25) is 0 Å². The van der Waals surface area contributed by atoms with Gasteiger partial charge in [0, 0.05) is 25.7 Å². The van der Waals surface area contributed by atoms with Crippen molar-refractivity contribution < 1.29 is 24.0 Å². The summed E-state index contributed by atoms with van der Waals surface area (Å²) >= 11 is 0. The van der Waals surface area contributed by atoms with E-state index in [1.807, 2.05) is 11.8 Å². The van der Waals surface area contributed by atoms with Gasteiger partial charge in [-0.1, -0.05) is 6.92 Å². The lowest BCUT2D eigenvalue weighted by Crippen LogP contribution is -2.36. The highest BCUT2D eigenvalue weighted by Gasteiger charge is 2.24. The smallest absolute Gasteiger partial charge is 0.338 e. The van der Waals surface area contributed by atoms with Crippen molar-refractivity contribution >= 4 is 23.3 Å². The van der Waals surface area contributed by atoms with Crippen molar-refractivity contribution in [3.63, 3.8) is 0 Å². The molecule has 0 radical (unpaired) electrons. The van der Waals surface area contributed by atoms with E-state index in [-0.39, 0.29) is 11.3 Å². The molecule has 0 unspecified atom stereocenters. The molecule has 1 amide bonds. The van der Waals surface area contributed by atoms with Gasteiger partial charge in [0.05, 0.1) is 23.7 Å². The maximum Gasteiger partial charge on any atom is 0.338 e. The van der Waals surface area contributed by atoms with E-state index in [2.05, 4.69) is 5.32 Å². The summed E-state index contributed by atoms with van der Waals surface area (Å²) in [6, 6.07) is 4.17. The minimum absolute atomic E-state index is 0.0343. The van der Waals surface area contributed by atoms with Gasteiger partial charge in [-0.05, 0) is 18.6 Å². The third-order valence-corrected chi connectivity index (χ3v) is 3.67. The molecule has 136 valence electrons. The van der Waals surface area contributed by atoms with Crippen molar-refractivity contribution in [1.82, 2.24) is 5.32 Å². The Bertz CT molecular complexity index is 643. The van der Waals surface area contributed by atoms with Crippen LogP contribution in [0.25, 0.3) is 0 Å². The van der Waals surface area contributed by atoms with Gasteiger partial charge in [0.15, 0.2) is 6.61 Å². The van der Waals surface area contributed by atoms with Gasteiger partial charge in [-0.15, -0.1) is 0 Å². The Balaban J connectivity index is 2.08. The number of anilines is 1. The number of hydrogen-bond acceptors (Lipinski definition) is 7. The topological polar surface area (TPSA) is 111 Å². The summed E-state index contributed by atoms with van der Waals surface area (Å²) < 4.78 is 10.1. The van der Waals surface area contributed by atoms with Crippen LogP contribution in [0.2, 0.25) is 0 Å². The number of nitrogens with one attached hydrogen (secondary N) is 1. The van der Waals surface area contributed by atoms with Crippen LogP contribution in [-0.4, -0.2) is 56.3 Å².